The number of thioether (sulfide) groups is 1. The molecular weight excluding hydrogens is 416 g/mol. The Hall–Kier alpha value is -1.99. The first-order valence-corrected chi connectivity index (χ1v) is 13.1. The normalized spacial score (nSPS) is 12.4. The summed E-state index contributed by atoms with van der Waals surface area (Å²) in [5, 5.41) is 2.93. The Bertz CT molecular complexity index is 974. The molecular formula is C23H32N2O3S2. The molecule has 30 heavy (non-hydrogen) atoms. The molecule has 0 saturated heterocycles. The van der Waals surface area contributed by atoms with E-state index in [0.717, 1.165) is 28.9 Å². The van der Waals surface area contributed by atoms with Gasteiger partial charge in [0, 0.05) is 18.1 Å². The topological polar surface area (TPSA) is 66.5 Å². The summed E-state index contributed by atoms with van der Waals surface area (Å²) in [5.74, 6) is 1.39. The summed E-state index contributed by atoms with van der Waals surface area (Å²) in [7, 11) is -3.62. The number of hydrogen-bond acceptors (Lipinski definition) is 4. The lowest BCUT2D eigenvalue weighted by Crippen LogP contribution is -2.50. The van der Waals surface area contributed by atoms with Crippen molar-refractivity contribution in [1.82, 2.24) is 5.32 Å². The van der Waals surface area contributed by atoms with Crippen LogP contribution in [0.3, 0.4) is 0 Å². The van der Waals surface area contributed by atoms with E-state index in [2.05, 4.69) is 24.4 Å². The van der Waals surface area contributed by atoms with Gasteiger partial charge in [-0.2, -0.15) is 11.8 Å². The van der Waals surface area contributed by atoms with Crippen LogP contribution in [0, 0.1) is 20.8 Å². The Morgan fingerprint density at radius 2 is 1.80 bits per heavy atom. The predicted molar refractivity (Wildman–Crippen MR) is 128 cm³/mol. The third-order valence-corrected chi connectivity index (χ3v) is 7.17. The minimum atomic E-state index is -3.62. The van der Waals surface area contributed by atoms with E-state index in [1.807, 2.05) is 51.1 Å². The molecule has 0 aliphatic heterocycles. The van der Waals surface area contributed by atoms with Gasteiger partial charge in [0.15, 0.2) is 0 Å². The van der Waals surface area contributed by atoms with Crippen LogP contribution >= 0.6 is 11.8 Å². The molecule has 0 aliphatic rings. The van der Waals surface area contributed by atoms with Crippen molar-refractivity contribution >= 4 is 33.4 Å². The van der Waals surface area contributed by atoms with Gasteiger partial charge in [-0.15, -0.1) is 0 Å². The minimum Gasteiger partial charge on any atom is -0.353 e. The minimum absolute atomic E-state index is 0.264. The fraction of sp³-hybridized carbons (Fsp3) is 0.435. The van der Waals surface area contributed by atoms with E-state index in [0.29, 0.717) is 18.7 Å². The molecule has 5 nitrogen and oxygen atoms in total. The summed E-state index contributed by atoms with van der Waals surface area (Å²) in [6, 6.07) is 13.1. The fourth-order valence-electron chi connectivity index (χ4n) is 3.31. The molecule has 0 saturated carbocycles. The standard InChI is InChI=1S/C23H32N2O3S2/c1-6-21(25(30(5,27)28)22-15-17(2)11-12-19(22)4)23(26)24-13-14-29-16-20-10-8-7-9-18(20)3/h7-12,15,21H,6,13-14,16H2,1-5H3,(H,24,26)/t21-/m1/s1. The SMILES string of the molecule is CC[C@H](C(=O)NCCSCc1ccccc1C)N(c1cc(C)ccc1C)S(C)(=O)=O. The first-order valence-electron chi connectivity index (χ1n) is 10.1. The van der Waals surface area contributed by atoms with E-state index >= 15 is 0 Å². The van der Waals surface area contributed by atoms with Crippen molar-refractivity contribution in [1.29, 1.82) is 0 Å². The van der Waals surface area contributed by atoms with Gasteiger partial charge in [-0.1, -0.05) is 43.3 Å². The molecule has 2 aromatic rings. The first-order chi connectivity index (χ1) is 14.1. The van der Waals surface area contributed by atoms with E-state index in [1.165, 1.54) is 15.4 Å². The van der Waals surface area contributed by atoms with Crippen LogP contribution in [0.15, 0.2) is 42.5 Å². The number of carbonyl (C=O) groups is 1. The average Bonchev–Trinajstić information content (AvgIpc) is 2.68. The lowest BCUT2D eigenvalue weighted by molar-refractivity contribution is -0.122. The highest BCUT2D eigenvalue weighted by molar-refractivity contribution is 7.98. The van der Waals surface area contributed by atoms with Gasteiger partial charge in [-0.05, 0) is 55.5 Å². The Labute approximate surface area is 185 Å². The second kappa shape index (κ2) is 10.9. The average molecular weight is 449 g/mol. The highest BCUT2D eigenvalue weighted by atomic mass is 32.2. The van der Waals surface area contributed by atoms with Crippen LogP contribution in [-0.4, -0.2) is 38.9 Å². The van der Waals surface area contributed by atoms with Gasteiger partial charge < -0.3 is 5.32 Å². The first kappa shape index (κ1) is 24.3. The van der Waals surface area contributed by atoms with Gasteiger partial charge in [0.1, 0.15) is 6.04 Å². The van der Waals surface area contributed by atoms with Gasteiger partial charge >= 0.3 is 0 Å². The largest absolute Gasteiger partial charge is 0.353 e. The van der Waals surface area contributed by atoms with E-state index in [1.54, 1.807) is 11.8 Å². The van der Waals surface area contributed by atoms with Gasteiger partial charge in [0.25, 0.3) is 0 Å². The zero-order valence-corrected chi connectivity index (χ0v) is 20.1. The number of carbonyl (C=O) groups excluding carboxylic acids is 1. The maximum atomic E-state index is 12.9. The van der Waals surface area contributed by atoms with Gasteiger partial charge in [-0.25, -0.2) is 8.42 Å². The second-order valence-electron chi connectivity index (χ2n) is 7.54. The molecule has 164 valence electrons. The van der Waals surface area contributed by atoms with Crippen LogP contribution in [0.4, 0.5) is 5.69 Å². The third-order valence-electron chi connectivity index (χ3n) is 5.00. The molecule has 2 aromatic carbocycles. The fourth-order valence-corrected chi connectivity index (χ4v) is 5.51. The van der Waals surface area contributed by atoms with Crippen molar-refractivity contribution in [2.45, 2.75) is 45.9 Å². The van der Waals surface area contributed by atoms with Crippen LogP contribution in [0.25, 0.3) is 0 Å². The van der Waals surface area contributed by atoms with Crippen LogP contribution in [0.2, 0.25) is 0 Å². The number of aryl methyl sites for hydroxylation is 3. The quantitative estimate of drug-likeness (QED) is 0.553. The molecule has 0 aromatic heterocycles. The van der Waals surface area contributed by atoms with E-state index in [9.17, 15) is 13.2 Å². The van der Waals surface area contributed by atoms with Gasteiger partial charge in [-0.3, -0.25) is 9.10 Å². The summed E-state index contributed by atoms with van der Waals surface area (Å²) in [4.78, 5) is 12.9. The number of sulfonamides is 1. The molecule has 0 spiro atoms. The number of rotatable bonds is 10. The van der Waals surface area contributed by atoms with Crippen molar-refractivity contribution in [3.8, 4) is 0 Å². The molecule has 2 rings (SSSR count). The molecule has 0 fully saturated rings. The van der Waals surface area contributed by atoms with Crippen molar-refractivity contribution < 1.29 is 13.2 Å². The summed E-state index contributed by atoms with van der Waals surface area (Å²) in [6.45, 7) is 8.20. The Morgan fingerprint density at radius 3 is 2.43 bits per heavy atom. The lowest BCUT2D eigenvalue weighted by atomic mass is 10.1. The van der Waals surface area contributed by atoms with Crippen molar-refractivity contribution in [2.24, 2.45) is 0 Å². The molecule has 1 N–H and O–H groups in total. The van der Waals surface area contributed by atoms with E-state index < -0.39 is 16.1 Å². The van der Waals surface area contributed by atoms with E-state index in [4.69, 9.17) is 0 Å². The maximum absolute atomic E-state index is 12.9. The van der Waals surface area contributed by atoms with Crippen LogP contribution in [0.5, 0.6) is 0 Å². The van der Waals surface area contributed by atoms with Crippen molar-refractivity contribution in [3.63, 3.8) is 0 Å². The Kier molecular flexibility index (Phi) is 8.79. The van der Waals surface area contributed by atoms with Crippen molar-refractivity contribution in [3.05, 3.63) is 64.7 Å². The molecule has 7 heteroatoms. The van der Waals surface area contributed by atoms with Gasteiger partial charge in [0.05, 0.1) is 11.9 Å². The molecule has 0 bridgehead atoms. The van der Waals surface area contributed by atoms with Crippen LogP contribution in [-0.2, 0) is 20.6 Å². The smallest absolute Gasteiger partial charge is 0.243 e. The number of nitrogens with zero attached hydrogens (tertiary/aromatic N) is 1. The molecule has 0 radical (unpaired) electrons. The molecule has 0 aliphatic carbocycles. The summed E-state index contributed by atoms with van der Waals surface area (Å²) in [5.41, 5.74) is 4.89. The lowest BCUT2D eigenvalue weighted by Gasteiger charge is -2.31. The van der Waals surface area contributed by atoms with E-state index in [-0.39, 0.29) is 5.91 Å². The second-order valence-corrected chi connectivity index (χ2v) is 10.5. The third kappa shape index (κ3) is 6.51. The molecule has 0 unspecified atom stereocenters. The summed E-state index contributed by atoms with van der Waals surface area (Å²) in [6.07, 6.45) is 1.55. The number of hydrogen-bond donors (Lipinski definition) is 1. The number of nitrogens with one attached hydrogen (secondary N) is 1. The summed E-state index contributed by atoms with van der Waals surface area (Å²) >= 11 is 1.75. The highest BCUT2D eigenvalue weighted by Crippen LogP contribution is 2.27. The monoisotopic (exact) mass is 448 g/mol. The maximum Gasteiger partial charge on any atom is 0.243 e. The zero-order chi connectivity index (χ0) is 22.3. The van der Waals surface area contributed by atoms with Crippen molar-refractivity contribution in [2.75, 3.05) is 22.9 Å². The number of amides is 1. The predicted octanol–water partition coefficient (Wildman–Crippen LogP) is 4.21. The Balaban J connectivity index is 2.03. The van der Waals surface area contributed by atoms with Gasteiger partial charge in [0.2, 0.25) is 15.9 Å². The van der Waals surface area contributed by atoms with Crippen LogP contribution in [0.1, 0.15) is 35.6 Å². The zero-order valence-electron chi connectivity index (χ0n) is 18.4. The Morgan fingerprint density at radius 1 is 1.10 bits per heavy atom. The number of anilines is 1. The number of benzene rings is 2. The molecule has 1 amide bonds. The molecule has 1 atom stereocenters. The molecule has 0 heterocycles. The van der Waals surface area contributed by atoms with Crippen LogP contribution < -0.4 is 9.62 Å². The highest BCUT2D eigenvalue weighted by Gasteiger charge is 2.32. The summed E-state index contributed by atoms with van der Waals surface area (Å²) < 4.78 is 26.5.